The molecule has 0 aliphatic rings. The minimum atomic E-state index is -0.856. The standard InChI is InChI=1S/C15H16F2N2O/c1-2-18-14(10-19-8-6-11(20)7-9-19)12-4-3-5-13(16)15(12)17/h3-9,14,18H,2,10H2,1H3. The molecule has 0 aliphatic heterocycles. The molecule has 0 spiro atoms. The third-order valence-corrected chi connectivity index (χ3v) is 3.06. The van der Waals surface area contributed by atoms with E-state index in [-0.39, 0.29) is 17.0 Å². The molecule has 3 nitrogen and oxygen atoms in total. The van der Waals surface area contributed by atoms with Gasteiger partial charge in [-0.3, -0.25) is 4.79 Å². The van der Waals surface area contributed by atoms with Crippen LogP contribution in [-0.2, 0) is 6.54 Å². The van der Waals surface area contributed by atoms with E-state index in [0.29, 0.717) is 13.1 Å². The maximum absolute atomic E-state index is 13.9. The van der Waals surface area contributed by atoms with Crippen molar-refractivity contribution in [3.63, 3.8) is 0 Å². The van der Waals surface area contributed by atoms with E-state index >= 15 is 0 Å². The smallest absolute Gasteiger partial charge is 0.181 e. The monoisotopic (exact) mass is 278 g/mol. The van der Waals surface area contributed by atoms with Gasteiger partial charge in [0, 0.05) is 36.6 Å². The number of rotatable bonds is 5. The lowest BCUT2D eigenvalue weighted by Gasteiger charge is -2.20. The van der Waals surface area contributed by atoms with E-state index in [1.54, 1.807) is 23.0 Å². The van der Waals surface area contributed by atoms with Gasteiger partial charge in [0.2, 0.25) is 0 Å². The average molecular weight is 278 g/mol. The minimum Gasteiger partial charge on any atom is -0.352 e. The van der Waals surface area contributed by atoms with Crippen molar-refractivity contribution in [3.8, 4) is 0 Å². The fraction of sp³-hybridized carbons (Fsp3) is 0.267. The van der Waals surface area contributed by atoms with Gasteiger partial charge in [0.05, 0.1) is 6.04 Å². The second-order valence-corrected chi connectivity index (χ2v) is 4.48. The number of aromatic nitrogens is 1. The lowest BCUT2D eigenvalue weighted by molar-refractivity contribution is 0.432. The molecule has 1 unspecified atom stereocenters. The fourth-order valence-corrected chi connectivity index (χ4v) is 2.09. The van der Waals surface area contributed by atoms with E-state index < -0.39 is 11.6 Å². The maximum Gasteiger partial charge on any atom is 0.181 e. The molecule has 0 saturated heterocycles. The van der Waals surface area contributed by atoms with E-state index in [2.05, 4.69) is 5.32 Å². The molecule has 0 radical (unpaired) electrons. The zero-order valence-electron chi connectivity index (χ0n) is 11.1. The molecule has 1 N–H and O–H groups in total. The predicted octanol–water partition coefficient (Wildman–Crippen LogP) is 2.48. The van der Waals surface area contributed by atoms with Crippen LogP contribution < -0.4 is 10.7 Å². The molecule has 0 fully saturated rings. The Hall–Kier alpha value is -2.01. The van der Waals surface area contributed by atoms with Crippen LogP contribution in [0.2, 0.25) is 0 Å². The molecule has 0 aliphatic carbocycles. The number of pyridine rings is 1. The second-order valence-electron chi connectivity index (χ2n) is 4.48. The van der Waals surface area contributed by atoms with Gasteiger partial charge in [-0.05, 0) is 12.6 Å². The summed E-state index contributed by atoms with van der Waals surface area (Å²) < 4.78 is 29.0. The summed E-state index contributed by atoms with van der Waals surface area (Å²) in [7, 11) is 0. The molecule has 2 aromatic rings. The number of benzene rings is 1. The average Bonchev–Trinajstić information content (AvgIpc) is 2.44. The lowest BCUT2D eigenvalue weighted by Crippen LogP contribution is -2.26. The van der Waals surface area contributed by atoms with Crippen LogP contribution in [0.4, 0.5) is 8.78 Å². The van der Waals surface area contributed by atoms with Gasteiger partial charge < -0.3 is 9.88 Å². The maximum atomic E-state index is 13.9. The zero-order valence-corrected chi connectivity index (χ0v) is 11.1. The molecule has 1 heterocycles. The van der Waals surface area contributed by atoms with Gasteiger partial charge in [0.25, 0.3) is 0 Å². The highest BCUT2D eigenvalue weighted by atomic mass is 19.2. The minimum absolute atomic E-state index is 0.0850. The first-order valence-corrected chi connectivity index (χ1v) is 6.45. The summed E-state index contributed by atoms with van der Waals surface area (Å²) >= 11 is 0. The number of hydrogen-bond acceptors (Lipinski definition) is 2. The molecule has 5 heteroatoms. The number of likely N-dealkylation sites (N-methyl/N-ethyl adjacent to an activating group) is 1. The largest absolute Gasteiger partial charge is 0.352 e. The van der Waals surface area contributed by atoms with Crippen LogP contribution >= 0.6 is 0 Å². The Balaban J connectivity index is 2.29. The van der Waals surface area contributed by atoms with Crippen LogP contribution in [0, 0.1) is 11.6 Å². The van der Waals surface area contributed by atoms with Crippen molar-refractivity contribution in [3.05, 3.63) is 70.1 Å². The van der Waals surface area contributed by atoms with Crippen LogP contribution in [0.5, 0.6) is 0 Å². The van der Waals surface area contributed by atoms with Gasteiger partial charge in [-0.15, -0.1) is 0 Å². The van der Waals surface area contributed by atoms with Gasteiger partial charge in [0.15, 0.2) is 17.1 Å². The summed E-state index contributed by atoms with van der Waals surface area (Å²) in [5.74, 6) is -1.69. The molecule has 20 heavy (non-hydrogen) atoms. The number of halogens is 2. The highest BCUT2D eigenvalue weighted by molar-refractivity contribution is 5.22. The molecule has 1 aromatic heterocycles. The Bertz CT molecular complexity index is 620. The van der Waals surface area contributed by atoms with Crippen molar-refractivity contribution in [2.24, 2.45) is 0 Å². The Morgan fingerprint density at radius 2 is 1.90 bits per heavy atom. The van der Waals surface area contributed by atoms with Crippen molar-refractivity contribution in [2.75, 3.05) is 6.54 Å². The van der Waals surface area contributed by atoms with Crippen LogP contribution in [-0.4, -0.2) is 11.1 Å². The Morgan fingerprint density at radius 3 is 2.55 bits per heavy atom. The Morgan fingerprint density at radius 1 is 1.20 bits per heavy atom. The van der Waals surface area contributed by atoms with Crippen LogP contribution in [0.1, 0.15) is 18.5 Å². The number of nitrogens with one attached hydrogen (secondary N) is 1. The zero-order chi connectivity index (χ0) is 14.5. The number of nitrogens with zero attached hydrogens (tertiary/aromatic N) is 1. The number of hydrogen-bond donors (Lipinski definition) is 1. The molecule has 1 atom stereocenters. The van der Waals surface area contributed by atoms with Crippen molar-refractivity contribution in [1.82, 2.24) is 9.88 Å². The van der Waals surface area contributed by atoms with E-state index in [1.807, 2.05) is 6.92 Å². The SMILES string of the molecule is CCNC(Cn1ccc(=O)cc1)c1cccc(F)c1F. The lowest BCUT2D eigenvalue weighted by atomic mass is 10.1. The van der Waals surface area contributed by atoms with E-state index in [0.717, 1.165) is 6.07 Å². The molecule has 106 valence electrons. The third-order valence-electron chi connectivity index (χ3n) is 3.06. The predicted molar refractivity (Wildman–Crippen MR) is 73.5 cm³/mol. The van der Waals surface area contributed by atoms with Crippen molar-refractivity contribution in [1.29, 1.82) is 0 Å². The van der Waals surface area contributed by atoms with Crippen molar-refractivity contribution in [2.45, 2.75) is 19.5 Å². The van der Waals surface area contributed by atoms with Gasteiger partial charge in [0.1, 0.15) is 0 Å². The first kappa shape index (κ1) is 14.4. The Kier molecular flexibility index (Phi) is 4.63. The molecular weight excluding hydrogens is 262 g/mol. The molecular formula is C15H16F2N2O. The topological polar surface area (TPSA) is 34.0 Å². The first-order valence-electron chi connectivity index (χ1n) is 6.45. The summed E-state index contributed by atoms with van der Waals surface area (Å²) in [5, 5.41) is 3.12. The van der Waals surface area contributed by atoms with Crippen LogP contribution in [0.15, 0.2) is 47.5 Å². The van der Waals surface area contributed by atoms with E-state index in [4.69, 9.17) is 0 Å². The van der Waals surface area contributed by atoms with Crippen LogP contribution in [0.25, 0.3) is 0 Å². The molecule has 0 bridgehead atoms. The summed E-state index contributed by atoms with van der Waals surface area (Å²) in [6, 6.07) is 6.66. The Labute approximate surface area is 115 Å². The highest BCUT2D eigenvalue weighted by Gasteiger charge is 2.17. The summed E-state index contributed by atoms with van der Waals surface area (Å²) in [5.41, 5.74) is 0.198. The molecule has 0 saturated carbocycles. The van der Waals surface area contributed by atoms with Crippen LogP contribution in [0.3, 0.4) is 0 Å². The molecule has 2 rings (SSSR count). The van der Waals surface area contributed by atoms with Gasteiger partial charge in [-0.2, -0.15) is 0 Å². The quantitative estimate of drug-likeness (QED) is 0.911. The van der Waals surface area contributed by atoms with E-state index in [1.165, 1.54) is 18.2 Å². The first-order chi connectivity index (χ1) is 9.61. The third kappa shape index (κ3) is 3.30. The van der Waals surface area contributed by atoms with Crippen molar-refractivity contribution >= 4 is 0 Å². The summed E-state index contributed by atoms with van der Waals surface area (Å²) in [6.45, 7) is 2.94. The molecule has 1 aromatic carbocycles. The van der Waals surface area contributed by atoms with E-state index in [9.17, 15) is 13.6 Å². The highest BCUT2D eigenvalue weighted by Crippen LogP contribution is 2.20. The summed E-state index contributed by atoms with van der Waals surface area (Å²) in [6.07, 6.45) is 3.26. The summed E-state index contributed by atoms with van der Waals surface area (Å²) in [4.78, 5) is 11.1. The fourth-order valence-electron chi connectivity index (χ4n) is 2.09. The molecule has 0 amide bonds. The van der Waals surface area contributed by atoms with Gasteiger partial charge in [-0.1, -0.05) is 19.1 Å². The van der Waals surface area contributed by atoms with Gasteiger partial charge in [-0.25, -0.2) is 8.78 Å². The second kappa shape index (κ2) is 6.43. The van der Waals surface area contributed by atoms with Gasteiger partial charge >= 0.3 is 0 Å². The van der Waals surface area contributed by atoms with Crippen molar-refractivity contribution < 1.29 is 8.78 Å². The normalized spacial score (nSPS) is 12.3.